The molecule has 5 heteroatoms. The van der Waals surface area contributed by atoms with Crippen LogP contribution >= 0.6 is 11.3 Å². The highest BCUT2D eigenvalue weighted by molar-refractivity contribution is 7.17. The third kappa shape index (κ3) is 2.94. The first-order valence-corrected chi connectivity index (χ1v) is 6.91. The first-order chi connectivity index (χ1) is 9.00. The van der Waals surface area contributed by atoms with E-state index in [2.05, 4.69) is 0 Å². The number of fused-ring (bicyclic) bond motifs is 1. The second-order valence-electron chi connectivity index (χ2n) is 4.49. The van der Waals surface area contributed by atoms with Crippen molar-refractivity contribution in [1.82, 2.24) is 0 Å². The Balaban J connectivity index is 2.36. The van der Waals surface area contributed by atoms with E-state index in [-0.39, 0.29) is 0 Å². The Bertz CT molecular complexity index is 576. The predicted octanol–water partition coefficient (Wildman–Crippen LogP) is 2.81. The zero-order valence-electron chi connectivity index (χ0n) is 10.7. The summed E-state index contributed by atoms with van der Waals surface area (Å²) in [6, 6.07) is 7.61. The van der Waals surface area contributed by atoms with Crippen LogP contribution in [0.2, 0.25) is 0 Å². The van der Waals surface area contributed by atoms with Crippen molar-refractivity contribution in [3.63, 3.8) is 0 Å². The van der Waals surface area contributed by atoms with Gasteiger partial charge in [-0.3, -0.25) is 0 Å². The predicted molar refractivity (Wildman–Crippen MR) is 74.4 cm³/mol. The smallest absolute Gasteiger partial charge is 0.337 e. The van der Waals surface area contributed by atoms with Crippen molar-refractivity contribution in [2.75, 3.05) is 0 Å². The van der Waals surface area contributed by atoms with Crippen molar-refractivity contribution in [3.8, 4) is 0 Å². The van der Waals surface area contributed by atoms with Gasteiger partial charge < -0.3 is 14.9 Å². The average molecular weight is 280 g/mol. The zero-order valence-corrected chi connectivity index (χ0v) is 11.6. The molecule has 1 aromatic heterocycles. The Morgan fingerprint density at radius 3 is 2.63 bits per heavy atom. The van der Waals surface area contributed by atoms with Crippen LogP contribution < -0.4 is 0 Å². The molecule has 0 spiro atoms. The van der Waals surface area contributed by atoms with Crippen molar-refractivity contribution in [2.45, 2.75) is 32.2 Å². The number of ether oxygens (including phenoxy) is 1. The number of carboxylic acids is 1. The van der Waals surface area contributed by atoms with Gasteiger partial charge in [0.2, 0.25) is 0 Å². The van der Waals surface area contributed by atoms with Crippen LogP contribution in [-0.2, 0) is 9.53 Å². The summed E-state index contributed by atoms with van der Waals surface area (Å²) < 4.78 is 6.51. The molecule has 0 saturated heterocycles. The fraction of sp³-hybridized carbons (Fsp3) is 0.357. The van der Waals surface area contributed by atoms with E-state index in [1.54, 1.807) is 19.2 Å². The van der Waals surface area contributed by atoms with Crippen molar-refractivity contribution in [1.29, 1.82) is 0 Å². The maximum Gasteiger partial charge on any atom is 0.337 e. The van der Waals surface area contributed by atoms with Crippen LogP contribution in [0.3, 0.4) is 0 Å². The fourth-order valence-electron chi connectivity index (χ4n) is 1.79. The Morgan fingerprint density at radius 1 is 1.32 bits per heavy atom. The average Bonchev–Trinajstić information content (AvgIpc) is 2.78. The third-order valence-electron chi connectivity index (χ3n) is 3.05. The largest absolute Gasteiger partial charge is 0.479 e. The van der Waals surface area contributed by atoms with Gasteiger partial charge in [0.1, 0.15) is 0 Å². The summed E-state index contributed by atoms with van der Waals surface area (Å²) in [7, 11) is 0. The molecule has 0 aliphatic rings. The van der Waals surface area contributed by atoms with Gasteiger partial charge in [-0.1, -0.05) is 18.2 Å². The van der Waals surface area contributed by atoms with Crippen molar-refractivity contribution < 1.29 is 19.7 Å². The van der Waals surface area contributed by atoms with E-state index in [1.807, 2.05) is 24.3 Å². The number of carboxylic acid groups (broad SMARTS) is 1. The molecule has 102 valence electrons. The molecule has 0 aliphatic carbocycles. The molecule has 0 amide bonds. The van der Waals surface area contributed by atoms with Gasteiger partial charge in [-0.05, 0) is 30.7 Å². The molecule has 0 radical (unpaired) electrons. The lowest BCUT2D eigenvalue weighted by molar-refractivity contribution is -0.158. The van der Waals surface area contributed by atoms with Gasteiger partial charge in [0.15, 0.2) is 6.10 Å². The number of aliphatic hydroxyl groups is 1. The van der Waals surface area contributed by atoms with Gasteiger partial charge in [-0.15, -0.1) is 11.3 Å². The van der Waals surface area contributed by atoms with Crippen LogP contribution in [0, 0.1) is 0 Å². The molecule has 3 atom stereocenters. The van der Waals surface area contributed by atoms with E-state index in [9.17, 15) is 15.0 Å². The monoisotopic (exact) mass is 280 g/mol. The Morgan fingerprint density at radius 2 is 2.00 bits per heavy atom. The van der Waals surface area contributed by atoms with Crippen LogP contribution in [0.5, 0.6) is 0 Å². The number of carbonyl (C=O) groups is 1. The summed E-state index contributed by atoms with van der Waals surface area (Å²) >= 11 is 1.49. The van der Waals surface area contributed by atoms with E-state index < -0.39 is 24.3 Å². The van der Waals surface area contributed by atoms with E-state index in [1.165, 1.54) is 11.3 Å². The molecule has 2 N–H and O–H groups in total. The maximum atomic E-state index is 11.4. The summed E-state index contributed by atoms with van der Waals surface area (Å²) in [6.45, 7) is 3.24. The number of hydrogen-bond donors (Lipinski definition) is 2. The summed E-state index contributed by atoms with van der Waals surface area (Å²) in [5.74, 6) is -1.05. The quantitative estimate of drug-likeness (QED) is 0.883. The number of rotatable bonds is 5. The highest BCUT2D eigenvalue weighted by atomic mass is 32.1. The molecular weight excluding hydrogens is 264 g/mol. The van der Waals surface area contributed by atoms with Crippen molar-refractivity contribution >= 4 is 27.4 Å². The molecule has 3 unspecified atom stereocenters. The topological polar surface area (TPSA) is 66.8 Å². The first kappa shape index (κ1) is 14.0. The molecule has 1 aromatic carbocycles. The molecule has 0 fully saturated rings. The second-order valence-corrected chi connectivity index (χ2v) is 5.40. The molecule has 0 saturated carbocycles. The highest BCUT2D eigenvalue weighted by Gasteiger charge is 2.27. The molecular formula is C14H16O4S. The van der Waals surface area contributed by atoms with E-state index >= 15 is 0 Å². The van der Waals surface area contributed by atoms with Gasteiger partial charge >= 0.3 is 5.97 Å². The number of hydrogen-bond acceptors (Lipinski definition) is 4. The summed E-state index contributed by atoms with van der Waals surface area (Å²) in [5, 5.41) is 21.5. The minimum atomic E-state index is -1.05. The lowest BCUT2D eigenvalue weighted by atomic mass is 10.1. The van der Waals surface area contributed by atoms with Crippen molar-refractivity contribution in [3.05, 3.63) is 35.2 Å². The van der Waals surface area contributed by atoms with Gasteiger partial charge in [-0.25, -0.2) is 4.79 Å². The normalized spacial score (nSPS) is 16.2. The molecule has 2 aromatic rings. The van der Waals surface area contributed by atoms with E-state index in [0.717, 1.165) is 10.1 Å². The second kappa shape index (κ2) is 5.69. The highest BCUT2D eigenvalue weighted by Crippen LogP contribution is 2.33. The standard InChI is InChI=1S/C14H16O4S/c1-8(15)9(2)18-13(14(16)17)11-7-19-12-6-4-3-5-10(11)12/h3-9,13,15H,1-2H3,(H,16,17). The molecule has 2 rings (SSSR count). The zero-order chi connectivity index (χ0) is 14.0. The molecule has 0 aliphatic heterocycles. The fourth-order valence-corrected chi connectivity index (χ4v) is 2.77. The molecule has 19 heavy (non-hydrogen) atoms. The maximum absolute atomic E-state index is 11.4. The number of aliphatic carboxylic acids is 1. The minimum absolute atomic E-state index is 0.542. The molecule has 4 nitrogen and oxygen atoms in total. The van der Waals surface area contributed by atoms with Crippen LogP contribution in [0.1, 0.15) is 25.5 Å². The Hall–Kier alpha value is -1.43. The van der Waals surface area contributed by atoms with Gasteiger partial charge in [0.25, 0.3) is 0 Å². The lowest BCUT2D eigenvalue weighted by Crippen LogP contribution is -2.28. The lowest BCUT2D eigenvalue weighted by Gasteiger charge is -2.21. The van der Waals surface area contributed by atoms with Crippen LogP contribution in [0.15, 0.2) is 29.6 Å². The van der Waals surface area contributed by atoms with Crippen LogP contribution in [0.4, 0.5) is 0 Å². The third-order valence-corrected chi connectivity index (χ3v) is 4.03. The van der Waals surface area contributed by atoms with Gasteiger partial charge in [-0.2, -0.15) is 0 Å². The first-order valence-electron chi connectivity index (χ1n) is 6.03. The molecule has 0 bridgehead atoms. The van der Waals surface area contributed by atoms with E-state index in [0.29, 0.717) is 5.56 Å². The SMILES string of the molecule is CC(O)C(C)OC(C(=O)O)c1csc2ccccc12. The number of benzene rings is 1. The van der Waals surface area contributed by atoms with Crippen molar-refractivity contribution in [2.24, 2.45) is 0 Å². The Kier molecular flexibility index (Phi) is 4.19. The minimum Gasteiger partial charge on any atom is -0.479 e. The molecule has 1 heterocycles. The summed E-state index contributed by atoms with van der Waals surface area (Å²) in [4.78, 5) is 11.4. The Labute approximate surface area is 115 Å². The van der Waals surface area contributed by atoms with Gasteiger partial charge in [0.05, 0.1) is 12.2 Å². The number of thiophene rings is 1. The summed E-state index contributed by atoms with van der Waals surface area (Å²) in [6.07, 6.45) is -2.31. The van der Waals surface area contributed by atoms with Gasteiger partial charge in [0, 0.05) is 10.3 Å². The number of aliphatic hydroxyl groups excluding tert-OH is 1. The van der Waals surface area contributed by atoms with E-state index in [4.69, 9.17) is 4.74 Å². The van der Waals surface area contributed by atoms with Crippen LogP contribution in [-0.4, -0.2) is 28.4 Å². The summed E-state index contributed by atoms with van der Waals surface area (Å²) in [5.41, 5.74) is 0.639. The van der Waals surface area contributed by atoms with Crippen LogP contribution in [0.25, 0.3) is 10.1 Å².